The van der Waals surface area contributed by atoms with Gasteiger partial charge >= 0.3 is 0 Å². The highest BCUT2D eigenvalue weighted by Crippen LogP contribution is 2.31. The van der Waals surface area contributed by atoms with E-state index in [9.17, 15) is 9.18 Å². The molecule has 1 aromatic carbocycles. The predicted octanol–water partition coefficient (Wildman–Crippen LogP) is 4.58. The molecule has 1 aliphatic rings. The van der Waals surface area contributed by atoms with Crippen LogP contribution in [0.2, 0.25) is 0 Å². The highest BCUT2D eigenvalue weighted by molar-refractivity contribution is 5.94. The lowest BCUT2D eigenvalue weighted by Gasteiger charge is -2.32. The first-order chi connectivity index (χ1) is 12.0. The lowest BCUT2D eigenvalue weighted by molar-refractivity contribution is -0.123. The Morgan fingerprint density at radius 1 is 1.16 bits per heavy atom. The minimum atomic E-state index is -0.276. The first-order valence-corrected chi connectivity index (χ1v) is 9.10. The highest BCUT2D eigenvalue weighted by Gasteiger charge is 2.31. The molecule has 0 radical (unpaired) electrons. The number of hydrogen-bond donors (Lipinski definition) is 0. The zero-order valence-electron chi connectivity index (χ0n) is 15.2. The molecule has 0 saturated heterocycles. The van der Waals surface area contributed by atoms with E-state index in [4.69, 9.17) is 0 Å². The number of carbonyl (C=O) groups is 1. The molecule has 0 N–H and O–H groups in total. The van der Waals surface area contributed by atoms with Gasteiger partial charge in [0, 0.05) is 24.2 Å². The Kier molecular flexibility index (Phi) is 5.21. The molecule has 1 saturated carbocycles. The summed E-state index contributed by atoms with van der Waals surface area (Å²) in [6, 6.07) is 8.07. The fourth-order valence-corrected chi connectivity index (χ4v) is 3.52. The second-order valence-corrected chi connectivity index (χ2v) is 7.35. The van der Waals surface area contributed by atoms with Crippen LogP contribution in [0, 0.1) is 17.7 Å². The Balaban J connectivity index is 1.81. The Hall–Kier alpha value is -2.17. The van der Waals surface area contributed by atoms with Crippen molar-refractivity contribution < 1.29 is 9.18 Å². The minimum absolute atomic E-state index is 0.0448. The van der Waals surface area contributed by atoms with E-state index in [2.05, 4.69) is 12.0 Å². The molecule has 1 aliphatic carbocycles. The monoisotopic (exact) mass is 343 g/mol. The van der Waals surface area contributed by atoms with Gasteiger partial charge in [-0.05, 0) is 69.7 Å². The maximum atomic E-state index is 13.1. The van der Waals surface area contributed by atoms with Gasteiger partial charge in [-0.3, -0.25) is 9.69 Å². The highest BCUT2D eigenvalue weighted by atomic mass is 19.1. The fraction of sp³-hybridized carbons (Fsp3) is 0.500. The van der Waals surface area contributed by atoms with Gasteiger partial charge in [0.2, 0.25) is 5.91 Å². The number of hydrogen-bond acceptors (Lipinski definition) is 2. The molecule has 1 fully saturated rings. The molecule has 4 nitrogen and oxygen atoms in total. The molecule has 2 aromatic rings. The Bertz CT molecular complexity index is 715. The smallest absolute Gasteiger partial charge is 0.231 e. The standard InChI is InChI=1S/C20H26FN3O/c1-14(2)24(20(25)16-6-4-15(3)5-7-16)19-12-13-23(22-19)18-10-8-17(21)9-11-18/h8-16H,4-7H2,1-3H3. The average molecular weight is 343 g/mol. The molecule has 0 spiro atoms. The van der Waals surface area contributed by atoms with Crippen LogP contribution >= 0.6 is 0 Å². The van der Waals surface area contributed by atoms with Crippen molar-refractivity contribution in [3.63, 3.8) is 0 Å². The lowest BCUT2D eigenvalue weighted by atomic mass is 9.82. The van der Waals surface area contributed by atoms with E-state index in [1.165, 1.54) is 12.1 Å². The van der Waals surface area contributed by atoms with Crippen molar-refractivity contribution in [3.8, 4) is 5.69 Å². The molecular formula is C20H26FN3O. The van der Waals surface area contributed by atoms with Gasteiger partial charge in [-0.15, -0.1) is 5.10 Å². The topological polar surface area (TPSA) is 38.1 Å². The maximum Gasteiger partial charge on any atom is 0.231 e. The zero-order valence-corrected chi connectivity index (χ0v) is 15.2. The number of anilines is 1. The molecule has 0 atom stereocenters. The summed E-state index contributed by atoms with van der Waals surface area (Å²) in [5, 5.41) is 4.56. The van der Waals surface area contributed by atoms with Crippen LogP contribution in [0.1, 0.15) is 46.5 Å². The molecule has 0 unspecified atom stereocenters. The predicted molar refractivity (Wildman–Crippen MR) is 97.3 cm³/mol. The third-order valence-electron chi connectivity index (χ3n) is 5.03. The van der Waals surface area contributed by atoms with Gasteiger partial charge in [0.15, 0.2) is 5.82 Å². The summed E-state index contributed by atoms with van der Waals surface area (Å²) in [6.07, 6.45) is 5.97. The van der Waals surface area contributed by atoms with Crippen molar-refractivity contribution in [3.05, 3.63) is 42.3 Å². The van der Waals surface area contributed by atoms with Crippen LogP contribution in [0.5, 0.6) is 0 Å². The van der Waals surface area contributed by atoms with Gasteiger partial charge < -0.3 is 0 Å². The number of aromatic nitrogens is 2. The number of amides is 1. The zero-order chi connectivity index (χ0) is 18.0. The van der Waals surface area contributed by atoms with Crippen molar-refractivity contribution in [1.82, 2.24) is 9.78 Å². The third kappa shape index (κ3) is 3.91. The molecule has 134 valence electrons. The van der Waals surface area contributed by atoms with E-state index >= 15 is 0 Å². The van der Waals surface area contributed by atoms with Crippen LogP contribution in [0.15, 0.2) is 36.5 Å². The third-order valence-corrected chi connectivity index (χ3v) is 5.03. The number of benzene rings is 1. The summed E-state index contributed by atoms with van der Waals surface area (Å²) in [5.74, 6) is 1.36. The number of carbonyl (C=O) groups excluding carboxylic acids is 1. The second-order valence-electron chi connectivity index (χ2n) is 7.35. The molecule has 5 heteroatoms. The van der Waals surface area contributed by atoms with Gasteiger partial charge in [0.1, 0.15) is 5.82 Å². The van der Waals surface area contributed by atoms with E-state index in [-0.39, 0.29) is 23.7 Å². The van der Waals surface area contributed by atoms with Crippen molar-refractivity contribution >= 4 is 11.7 Å². The molecule has 0 aliphatic heterocycles. The molecule has 1 heterocycles. The summed E-state index contributed by atoms with van der Waals surface area (Å²) in [6.45, 7) is 6.28. The normalized spacial score (nSPS) is 20.7. The number of nitrogens with zero attached hydrogens (tertiary/aromatic N) is 3. The van der Waals surface area contributed by atoms with Gasteiger partial charge in [-0.25, -0.2) is 9.07 Å². The second kappa shape index (κ2) is 7.38. The number of rotatable bonds is 4. The Morgan fingerprint density at radius 2 is 1.80 bits per heavy atom. The maximum absolute atomic E-state index is 13.1. The van der Waals surface area contributed by atoms with E-state index in [0.29, 0.717) is 11.7 Å². The van der Waals surface area contributed by atoms with Crippen LogP contribution in [-0.2, 0) is 4.79 Å². The molecular weight excluding hydrogens is 317 g/mol. The van der Waals surface area contributed by atoms with Crippen LogP contribution in [-0.4, -0.2) is 21.7 Å². The summed E-state index contributed by atoms with van der Waals surface area (Å²) >= 11 is 0. The molecule has 0 bridgehead atoms. The van der Waals surface area contributed by atoms with Gasteiger partial charge in [0.25, 0.3) is 0 Å². The van der Waals surface area contributed by atoms with Crippen LogP contribution < -0.4 is 4.90 Å². The summed E-state index contributed by atoms with van der Waals surface area (Å²) in [4.78, 5) is 14.9. The number of halogens is 1. The largest absolute Gasteiger partial charge is 0.293 e. The van der Waals surface area contributed by atoms with Crippen molar-refractivity contribution in [2.75, 3.05) is 4.90 Å². The molecule has 1 amide bonds. The summed E-state index contributed by atoms with van der Waals surface area (Å²) in [5.41, 5.74) is 0.773. The van der Waals surface area contributed by atoms with Gasteiger partial charge in [0.05, 0.1) is 5.69 Å². The lowest BCUT2D eigenvalue weighted by Crippen LogP contribution is -2.42. The van der Waals surface area contributed by atoms with E-state index in [0.717, 1.165) is 31.4 Å². The van der Waals surface area contributed by atoms with Gasteiger partial charge in [-0.2, -0.15) is 0 Å². The van der Waals surface area contributed by atoms with Crippen molar-refractivity contribution in [2.24, 2.45) is 11.8 Å². The van der Waals surface area contributed by atoms with Crippen LogP contribution in [0.4, 0.5) is 10.2 Å². The summed E-state index contributed by atoms with van der Waals surface area (Å²) < 4.78 is 14.8. The average Bonchev–Trinajstić information content (AvgIpc) is 3.05. The quantitative estimate of drug-likeness (QED) is 0.815. The first-order valence-electron chi connectivity index (χ1n) is 9.10. The van der Waals surface area contributed by atoms with Crippen molar-refractivity contribution in [1.29, 1.82) is 0 Å². The van der Waals surface area contributed by atoms with Crippen molar-refractivity contribution in [2.45, 2.75) is 52.5 Å². The van der Waals surface area contributed by atoms with Gasteiger partial charge in [-0.1, -0.05) is 6.92 Å². The van der Waals surface area contributed by atoms with Crippen LogP contribution in [0.25, 0.3) is 5.69 Å². The van der Waals surface area contributed by atoms with E-state index in [1.54, 1.807) is 21.7 Å². The first kappa shape index (κ1) is 17.6. The fourth-order valence-electron chi connectivity index (χ4n) is 3.52. The SMILES string of the molecule is CC1CCC(C(=O)N(c2ccn(-c3ccc(F)cc3)n2)C(C)C)CC1. The Labute approximate surface area is 148 Å². The van der Waals surface area contributed by atoms with Crippen LogP contribution in [0.3, 0.4) is 0 Å². The summed E-state index contributed by atoms with van der Waals surface area (Å²) in [7, 11) is 0. The van der Waals surface area contributed by atoms with E-state index < -0.39 is 0 Å². The minimum Gasteiger partial charge on any atom is -0.293 e. The molecule has 25 heavy (non-hydrogen) atoms. The molecule has 1 aromatic heterocycles. The van der Waals surface area contributed by atoms with E-state index in [1.807, 2.05) is 26.1 Å². The molecule has 3 rings (SSSR count). The Morgan fingerprint density at radius 3 is 2.40 bits per heavy atom.